The molecule has 0 aliphatic rings. The second-order valence-corrected chi connectivity index (χ2v) is 6.47. The first-order valence-corrected chi connectivity index (χ1v) is 7.83. The molecule has 0 radical (unpaired) electrons. The highest BCUT2D eigenvalue weighted by molar-refractivity contribution is 7.92. The van der Waals surface area contributed by atoms with Gasteiger partial charge in [0.25, 0.3) is 0 Å². The number of hydrogen-bond acceptors (Lipinski definition) is 4. The van der Waals surface area contributed by atoms with Gasteiger partial charge in [-0.3, -0.25) is 4.72 Å². The van der Waals surface area contributed by atoms with Crippen molar-refractivity contribution in [1.82, 2.24) is 0 Å². The van der Waals surface area contributed by atoms with E-state index in [0.717, 1.165) is 0 Å². The molecular formula is C13H19NO5S. The number of carboxylic acid groups (broad SMARTS) is 1. The van der Waals surface area contributed by atoms with E-state index >= 15 is 0 Å². The van der Waals surface area contributed by atoms with Crippen LogP contribution in [-0.4, -0.2) is 38.0 Å². The van der Waals surface area contributed by atoms with E-state index in [9.17, 15) is 13.2 Å². The Morgan fingerprint density at radius 3 is 2.60 bits per heavy atom. The number of aromatic carboxylic acids is 1. The standard InChI is InChI=1S/C13H19NO5S/c1-9(2)19-7-8-20(17,18)14-12-6-4-5-11(10(12)3)13(15)16/h4-6,9,14H,7-8H2,1-3H3,(H,15,16). The van der Waals surface area contributed by atoms with Crippen LogP contribution in [0.25, 0.3) is 0 Å². The predicted octanol–water partition coefficient (Wildman–Crippen LogP) is 1.86. The Bertz CT molecular complexity index is 580. The van der Waals surface area contributed by atoms with Crippen molar-refractivity contribution in [2.45, 2.75) is 26.9 Å². The van der Waals surface area contributed by atoms with Gasteiger partial charge in [0.2, 0.25) is 10.0 Å². The van der Waals surface area contributed by atoms with Gasteiger partial charge >= 0.3 is 5.97 Å². The number of ether oxygens (including phenoxy) is 1. The lowest BCUT2D eigenvalue weighted by atomic mass is 10.1. The van der Waals surface area contributed by atoms with Crippen LogP contribution in [0.5, 0.6) is 0 Å². The third-order valence-corrected chi connectivity index (χ3v) is 3.87. The van der Waals surface area contributed by atoms with E-state index in [1.165, 1.54) is 18.2 Å². The number of rotatable bonds is 7. The smallest absolute Gasteiger partial charge is 0.336 e. The Hall–Kier alpha value is -1.60. The van der Waals surface area contributed by atoms with E-state index < -0.39 is 16.0 Å². The maximum Gasteiger partial charge on any atom is 0.336 e. The number of anilines is 1. The summed E-state index contributed by atoms with van der Waals surface area (Å²) < 4.78 is 31.3. The van der Waals surface area contributed by atoms with Crippen molar-refractivity contribution >= 4 is 21.7 Å². The first kappa shape index (κ1) is 16.5. The number of carboxylic acids is 1. The van der Waals surface area contributed by atoms with E-state index in [1.54, 1.807) is 6.92 Å². The molecule has 20 heavy (non-hydrogen) atoms. The Balaban J connectivity index is 2.82. The summed E-state index contributed by atoms with van der Waals surface area (Å²) in [6.07, 6.45) is -0.0396. The minimum atomic E-state index is -3.56. The van der Waals surface area contributed by atoms with Gasteiger partial charge in [-0.05, 0) is 38.5 Å². The zero-order chi connectivity index (χ0) is 15.3. The summed E-state index contributed by atoms with van der Waals surface area (Å²) in [7, 11) is -3.56. The maximum absolute atomic E-state index is 11.9. The minimum Gasteiger partial charge on any atom is -0.478 e. The molecule has 7 heteroatoms. The van der Waals surface area contributed by atoms with Crippen molar-refractivity contribution in [3.63, 3.8) is 0 Å². The second-order valence-electron chi connectivity index (χ2n) is 4.62. The van der Waals surface area contributed by atoms with Crippen LogP contribution < -0.4 is 4.72 Å². The highest BCUT2D eigenvalue weighted by Crippen LogP contribution is 2.20. The monoisotopic (exact) mass is 301 g/mol. The van der Waals surface area contributed by atoms with Crippen LogP contribution in [0.4, 0.5) is 5.69 Å². The molecule has 0 saturated carbocycles. The van der Waals surface area contributed by atoms with Gasteiger partial charge in [0.05, 0.1) is 29.7 Å². The predicted molar refractivity (Wildman–Crippen MR) is 76.6 cm³/mol. The number of nitrogens with one attached hydrogen (secondary N) is 1. The summed E-state index contributed by atoms with van der Waals surface area (Å²) in [6.45, 7) is 5.29. The van der Waals surface area contributed by atoms with Crippen LogP contribution in [-0.2, 0) is 14.8 Å². The maximum atomic E-state index is 11.9. The molecule has 6 nitrogen and oxygen atoms in total. The number of carbonyl (C=O) groups is 1. The topological polar surface area (TPSA) is 92.7 Å². The Kier molecular flexibility index (Phi) is 5.52. The SMILES string of the molecule is Cc1c(NS(=O)(=O)CCOC(C)C)cccc1C(=O)O. The average molecular weight is 301 g/mol. The van der Waals surface area contributed by atoms with Gasteiger partial charge in [0.15, 0.2) is 0 Å². The van der Waals surface area contributed by atoms with Crippen molar-refractivity contribution in [3.05, 3.63) is 29.3 Å². The Morgan fingerprint density at radius 2 is 2.05 bits per heavy atom. The van der Waals surface area contributed by atoms with Crippen molar-refractivity contribution in [3.8, 4) is 0 Å². The fourth-order valence-electron chi connectivity index (χ4n) is 1.59. The summed E-state index contributed by atoms with van der Waals surface area (Å²) in [5, 5.41) is 8.99. The molecule has 0 spiro atoms. The van der Waals surface area contributed by atoms with E-state index in [2.05, 4.69) is 4.72 Å². The van der Waals surface area contributed by atoms with Gasteiger partial charge in [0.1, 0.15) is 0 Å². The Labute approximate surface area is 118 Å². The molecule has 0 saturated heterocycles. The van der Waals surface area contributed by atoms with Crippen LogP contribution in [0.15, 0.2) is 18.2 Å². The number of hydrogen-bond donors (Lipinski definition) is 2. The third-order valence-electron chi connectivity index (χ3n) is 2.63. The molecule has 0 amide bonds. The normalized spacial score (nSPS) is 11.6. The lowest BCUT2D eigenvalue weighted by Crippen LogP contribution is -2.22. The van der Waals surface area contributed by atoms with Crippen LogP contribution in [0.3, 0.4) is 0 Å². The average Bonchev–Trinajstić information content (AvgIpc) is 2.30. The lowest BCUT2D eigenvalue weighted by Gasteiger charge is -2.13. The molecule has 1 rings (SSSR count). The first-order valence-electron chi connectivity index (χ1n) is 6.18. The van der Waals surface area contributed by atoms with Crippen LogP contribution in [0, 0.1) is 6.92 Å². The summed E-state index contributed by atoms with van der Waals surface area (Å²) in [5.41, 5.74) is 0.728. The van der Waals surface area contributed by atoms with E-state index in [1.807, 2.05) is 13.8 Å². The van der Waals surface area contributed by atoms with Crippen molar-refractivity contribution < 1.29 is 23.1 Å². The van der Waals surface area contributed by atoms with Gasteiger partial charge < -0.3 is 9.84 Å². The summed E-state index contributed by atoms with van der Waals surface area (Å²) in [5.74, 6) is -1.27. The highest BCUT2D eigenvalue weighted by Gasteiger charge is 2.15. The van der Waals surface area contributed by atoms with Crippen molar-refractivity contribution in [1.29, 1.82) is 0 Å². The summed E-state index contributed by atoms with van der Waals surface area (Å²) >= 11 is 0. The summed E-state index contributed by atoms with van der Waals surface area (Å²) in [4.78, 5) is 11.0. The fourth-order valence-corrected chi connectivity index (χ4v) is 2.56. The first-order chi connectivity index (χ1) is 9.23. The van der Waals surface area contributed by atoms with Crippen LogP contribution in [0.1, 0.15) is 29.8 Å². The molecule has 112 valence electrons. The molecule has 0 bridgehead atoms. The Morgan fingerprint density at radius 1 is 1.40 bits per heavy atom. The minimum absolute atomic E-state index is 0.0396. The van der Waals surface area contributed by atoms with Gasteiger partial charge in [-0.25, -0.2) is 13.2 Å². The summed E-state index contributed by atoms with van der Waals surface area (Å²) in [6, 6.07) is 4.46. The van der Waals surface area contributed by atoms with E-state index in [4.69, 9.17) is 9.84 Å². The molecule has 0 fully saturated rings. The van der Waals surface area contributed by atoms with Gasteiger partial charge in [-0.2, -0.15) is 0 Å². The van der Waals surface area contributed by atoms with E-state index in [0.29, 0.717) is 5.56 Å². The van der Waals surface area contributed by atoms with Crippen LogP contribution >= 0.6 is 0 Å². The van der Waals surface area contributed by atoms with Gasteiger partial charge in [-0.15, -0.1) is 0 Å². The molecule has 0 aromatic heterocycles. The second kappa shape index (κ2) is 6.71. The largest absolute Gasteiger partial charge is 0.478 e. The highest BCUT2D eigenvalue weighted by atomic mass is 32.2. The quantitative estimate of drug-likeness (QED) is 0.802. The van der Waals surface area contributed by atoms with E-state index in [-0.39, 0.29) is 29.7 Å². The third kappa shape index (κ3) is 4.82. The molecule has 0 aliphatic heterocycles. The number of sulfonamides is 1. The lowest BCUT2D eigenvalue weighted by molar-refractivity contribution is 0.0696. The molecular weight excluding hydrogens is 282 g/mol. The molecule has 1 aromatic carbocycles. The van der Waals surface area contributed by atoms with Crippen LogP contribution in [0.2, 0.25) is 0 Å². The molecule has 0 heterocycles. The molecule has 0 unspecified atom stereocenters. The molecule has 0 atom stereocenters. The van der Waals surface area contributed by atoms with Crippen molar-refractivity contribution in [2.24, 2.45) is 0 Å². The zero-order valence-electron chi connectivity index (χ0n) is 11.7. The molecule has 1 aromatic rings. The van der Waals surface area contributed by atoms with Crippen molar-refractivity contribution in [2.75, 3.05) is 17.1 Å². The molecule has 0 aliphatic carbocycles. The fraction of sp³-hybridized carbons (Fsp3) is 0.462. The van der Waals surface area contributed by atoms with Gasteiger partial charge in [-0.1, -0.05) is 6.07 Å². The zero-order valence-corrected chi connectivity index (χ0v) is 12.5. The molecule has 2 N–H and O–H groups in total. The number of benzene rings is 1. The van der Waals surface area contributed by atoms with Gasteiger partial charge in [0, 0.05) is 0 Å².